The molecule has 0 aliphatic carbocycles. The van der Waals surface area contributed by atoms with Crippen LogP contribution in [0.25, 0.3) is 0 Å². The Kier molecular flexibility index (Phi) is 6.47. The van der Waals surface area contributed by atoms with Crippen LogP contribution in [0.1, 0.15) is 48.0 Å². The fourth-order valence-electron chi connectivity index (χ4n) is 2.45. The molecule has 1 N–H and O–H groups in total. The Hall–Kier alpha value is -0.810. The second-order valence-corrected chi connectivity index (χ2v) is 7.78. The van der Waals surface area contributed by atoms with Gasteiger partial charge in [-0.05, 0) is 54.5 Å². The monoisotopic (exact) mass is 299 g/mol. The number of rotatable bonds is 4. The third-order valence-corrected chi connectivity index (χ3v) is 3.64. The van der Waals surface area contributed by atoms with Crippen LogP contribution in [0.5, 0.6) is 0 Å². The summed E-state index contributed by atoms with van der Waals surface area (Å²) in [6.07, 6.45) is 0.648. The van der Waals surface area contributed by atoms with Gasteiger partial charge in [-0.3, -0.25) is 4.90 Å². The van der Waals surface area contributed by atoms with Crippen LogP contribution in [-0.4, -0.2) is 66.3 Å². The Balaban J connectivity index is 2.11. The van der Waals surface area contributed by atoms with Crippen molar-refractivity contribution >= 4 is 6.09 Å². The maximum atomic E-state index is 11.5. The van der Waals surface area contributed by atoms with E-state index in [1.54, 1.807) is 0 Å². The molecule has 0 unspecified atom stereocenters. The van der Waals surface area contributed by atoms with E-state index in [-0.39, 0.29) is 11.6 Å². The first-order valence-electron chi connectivity index (χ1n) is 8.02. The summed E-state index contributed by atoms with van der Waals surface area (Å²) in [5, 5.41) is 2.81. The largest absolute Gasteiger partial charge is 0.444 e. The topological polar surface area (TPSA) is 44.8 Å². The number of piperazine rings is 1. The Morgan fingerprint density at radius 1 is 1.05 bits per heavy atom. The van der Waals surface area contributed by atoms with Gasteiger partial charge in [0.15, 0.2) is 0 Å². The van der Waals surface area contributed by atoms with Gasteiger partial charge in [0.25, 0.3) is 0 Å². The first-order chi connectivity index (χ1) is 9.58. The average molecular weight is 299 g/mol. The Morgan fingerprint density at radius 3 is 2.10 bits per heavy atom. The van der Waals surface area contributed by atoms with Gasteiger partial charge in [0, 0.05) is 38.3 Å². The molecule has 1 amide bonds. The number of alkyl carbamates (subject to hydrolysis) is 1. The van der Waals surface area contributed by atoms with Gasteiger partial charge in [-0.2, -0.15) is 0 Å². The number of ether oxygens (including phenoxy) is 1. The molecular weight excluding hydrogens is 266 g/mol. The Labute approximate surface area is 130 Å². The van der Waals surface area contributed by atoms with Crippen molar-refractivity contribution in [2.24, 2.45) is 0 Å². The van der Waals surface area contributed by atoms with E-state index in [4.69, 9.17) is 4.74 Å². The molecule has 124 valence electrons. The zero-order chi connectivity index (χ0) is 16.1. The van der Waals surface area contributed by atoms with Crippen LogP contribution >= 0.6 is 0 Å². The van der Waals surface area contributed by atoms with Crippen LogP contribution in [0, 0.1) is 0 Å². The molecule has 1 aliphatic heterocycles. The van der Waals surface area contributed by atoms with Gasteiger partial charge in [-0.15, -0.1) is 0 Å². The molecular formula is C16H33N3O2. The summed E-state index contributed by atoms with van der Waals surface area (Å²) in [5.41, 5.74) is -0.155. The number of carbonyl (C=O) groups excluding carboxylic acids is 1. The van der Waals surface area contributed by atoms with E-state index in [1.165, 1.54) is 0 Å². The van der Waals surface area contributed by atoms with Crippen molar-refractivity contribution in [2.45, 2.75) is 59.1 Å². The van der Waals surface area contributed by atoms with Crippen LogP contribution in [-0.2, 0) is 4.74 Å². The van der Waals surface area contributed by atoms with Crippen molar-refractivity contribution < 1.29 is 9.53 Å². The quantitative estimate of drug-likeness (QED) is 0.809. The van der Waals surface area contributed by atoms with Crippen molar-refractivity contribution in [1.82, 2.24) is 15.1 Å². The first kappa shape index (κ1) is 18.2. The molecule has 0 aromatic rings. The highest BCUT2D eigenvalue weighted by Gasteiger charge is 2.25. The van der Waals surface area contributed by atoms with Crippen molar-refractivity contribution in [2.75, 3.05) is 39.3 Å². The summed E-state index contributed by atoms with van der Waals surface area (Å²) < 4.78 is 5.21. The molecule has 0 radical (unpaired) electrons. The number of nitrogens with one attached hydrogen (secondary N) is 1. The third-order valence-electron chi connectivity index (χ3n) is 3.64. The summed E-state index contributed by atoms with van der Waals surface area (Å²) in [4.78, 5) is 16.5. The molecule has 0 aromatic heterocycles. The van der Waals surface area contributed by atoms with E-state index < -0.39 is 5.60 Å². The Bertz CT molecular complexity index is 323. The standard InChI is InChI=1S/C16H33N3O2/c1-15(2,3)19-12-10-18(11-13-19)9-7-8-17-14(20)21-16(4,5)6/h7-13H2,1-6H3,(H,17,20). The SMILES string of the molecule is CC(C)(C)OC(=O)NCCCN1CCN(C(C)(C)C)CC1. The first-order valence-corrected chi connectivity index (χ1v) is 8.02. The normalized spacial score (nSPS) is 18.6. The molecule has 0 saturated carbocycles. The minimum atomic E-state index is -0.423. The Morgan fingerprint density at radius 2 is 1.62 bits per heavy atom. The highest BCUT2D eigenvalue weighted by atomic mass is 16.6. The van der Waals surface area contributed by atoms with Crippen molar-refractivity contribution in [3.63, 3.8) is 0 Å². The molecule has 0 aromatic carbocycles. The molecule has 1 aliphatic rings. The highest BCUT2D eigenvalue weighted by Crippen LogP contribution is 2.15. The predicted molar refractivity (Wildman–Crippen MR) is 86.6 cm³/mol. The minimum Gasteiger partial charge on any atom is -0.444 e. The molecule has 0 spiro atoms. The summed E-state index contributed by atoms with van der Waals surface area (Å²) in [6, 6.07) is 0. The van der Waals surface area contributed by atoms with Gasteiger partial charge in [-0.1, -0.05) is 0 Å². The van der Waals surface area contributed by atoms with Gasteiger partial charge in [0.2, 0.25) is 0 Å². The molecule has 1 heterocycles. The van der Waals surface area contributed by atoms with Gasteiger partial charge in [-0.25, -0.2) is 4.79 Å². The fraction of sp³-hybridized carbons (Fsp3) is 0.938. The maximum absolute atomic E-state index is 11.5. The van der Waals surface area contributed by atoms with E-state index in [2.05, 4.69) is 35.9 Å². The van der Waals surface area contributed by atoms with Crippen LogP contribution in [0.4, 0.5) is 4.79 Å². The van der Waals surface area contributed by atoms with Crippen LogP contribution in [0.2, 0.25) is 0 Å². The lowest BCUT2D eigenvalue weighted by atomic mass is 10.0. The lowest BCUT2D eigenvalue weighted by molar-refractivity contribution is 0.0510. The summed E-state index contributed by atoms with van der Waals surface area (Å²) in [7, 11) is 0. The van der Waals surface area contributed by atoms with Gasteiger partial charge in [0.05, 0.1) is 0 Å². The zero-order valence-corrected chi connectivity index (χ0v) is 14.7. The smallest absolute Gasteiger partial charge is 0.407 e. The lowest BCUT2D eigenvalue weighted by Gasteiger charge is -2.42. The number of amides is 1. The van der Waals surface area contributed by atoms with Gasteiger partial charge >= 0.3 is 6.09 Å². The molecule has 0 atom stereocenters. The summed E-state index contributed by atoms with van der Waals surface area (Å²) in [5.74, 6) is 0. The molecule has 21 heavy (non-hydrogen) atoms. The second kappa shape index (κ2) is 7.45. The van der Waals surface area contributed by atoms with Gasteiger partial charge in [0.1, 0.15) is 5.60 Å². The highest BCUT2D eigenvalue weighted by molar-refractivity contribution is 5.67. The molecule has 1 saturated heterocycles. The van der Waals surface area contributed by atoms with Crippen molar-refractivity contribution in [1.29, 1.82) is 0 Å². The molecule has 5 nitrogen and oxygen atoms in total. The zero-order valence-electron chi connectivity index (χ0n) is 14.7. The van der Waals surface area contributed by atoms with Crippen LogP contribution in [0.15, 0.2) is 0 Å². The summed E-state index contributed by atoms with van der Waals surface area (Å²) >= 11 is 0. The predicted octanol–water partition coefficient (Wildman–Crippen LogP) is 2.32. The van der Waals surface area contributed by atoms with Crippen LogP contribution in [0.3, 0.4) is 0 Å². The number of hydrogen-bond donors (Lipinski definition) is 1. The van der Waals surface area contributed by atoms with E-state index in [0.717, 1.165) is 39.1 Å². The second-order valence-electron chi connectivity index (χ2n) is 7.78. The van der Waals surface area contributed by atoms with E-state index in [1.807, 2.05) is 20.8 Å². The molecule has 5 heteroatoms. The number of carbonyl (C=O) groups is 1. The maximum Gasteiger partial charge on any atom is 0.407 e. The minimum absolute atomic E-state index is 0.268. The molecule has 0 bridgehead atoms. The van der Waals surface area contributed by atoms with Crippen LogP contribution < -0.4 is 5.32 Å². The van der Waals surface area contributed by atoms with Crippen molar-refractivity contribution in [3.05, 3.63) is 0 Å². The third kappa shape index (κ3) is 7.67. The molecule has 1 fully saturated rings. The number of hydrogen-bond acceptors (Lipinski definition) is 4. The van der Waals surface area contributed by atoms with Gasteiger partial charge < -0.3 is 15.0 Å². The van der Waals surface area contributed by atoms with Crippen molar-refractivity contribution in [3.8, 4) is 0 Å². The number of nitrogens with zero attached hydrogens (tertiary/aromatic N) is 2. The van der Waals surface area contributed by atoms with E-state index in [0.29, 0.717) is 6.54 Å². The fourth-order valence-corrected chi connectivity index (χ4v) is 2.45. The lowest BCUT2D eigenvalue weighted by Crippen LogP contribution is -2.53. The average Bonchev–Trinajstić information content (AvgIpc) is 2.32. The summed E-state index contributed by atoms with van der Waals surface area (Å²) in [6.45, 7) is 18.6. The molecule has 1 rings (SSSR count). The van der Waals surface area contributed by atoms with E-state index in [9.17, 15) is 4.79 Å². The van der Waals surface area contributed by atoms with E-state index >= 15 is 0 Å².